The third-order valence-corrected chi connectivity index (χ3v) is 9.26. The summed E-state index contributed by atoms with van der Waals surface area (Å²) in [4.78, 5) is 17.5. The number of benzene rings is 2. The van der Waals surface area contributed by atoms with Crippen molar-refractivity contribution in [3.63, 3.8) is 0 Å². The molecule has 2 aliphatic rings. The molecule has 2 aromatic carbocycles. The molecule has 2 heterocycles. The lowest BCUT2D eigenvalue weighted by atomic mass is 9.96. The quantitative estimate of drug-likeness (QED) is 0.575. The second kappa shape index (κ2) is 10.5. The summed E-state index contributed by atoms with van der Waals surface area (Å²) in [6.07, 6.45) is 1.06. The minimum atomic E-state index is -3.58. The van der Waals surface area contributed by atoms with Gasteiger partial charge < -0.3 is 4.90 Å². The van der Waals surface area contributed by atoms with Gasteiger partial charge in [-0.3, -0.25) is 9.69 Å². The smallest absolute Gasteiger partial charge is 0.243 e. The highest BCUT2D eigenvalue weighted by Crippen LogP contribution is 2.28. The van der Waals surface area contributed by atoms with Gasteiger partial charge in [0.05, 0.1) is 4.90 Å². The molecule has 0 saturated carbocycles. The van der Waals surface area contributed by atoms with Crippen LogP contribution >= 0.6 is 34.8 Å². The topological polar surface area (TPSA) is 60.9 Å². The Bertz CT molecular complexity index is 1080. The summed E-state index contributed by atoms with van der Waals surface area (Å²) in [7, 11) is -3.58. The van der Waals surface area contributed by atoms with Crippen molar-refractivity contribution in [3.8, 4) is 0 Å². The first-order valence-corrected chi connectivity index (χ1v) is 13.5. The molecular formula is C23H26Cl3N3O3S. The van der Waals surface area contributed by atoms with Gasteiger partial charge in [0.1, 0.15) is 0 Å². The maximum absolute atomic E-state index is 13.1. The van der Waals surface area contributed by atoms with E-state index in [2.05, 4.69) is 4.90 Å². The van der Waals surface area contributed by atoms with Crippen LogP contribution < -0.4 is 0 Å². The molecule has 2 fully saturated rings. The highest BCUT2D eigenvalue weighted by Gasteiger charge is 2.34. The van der Waals surface area contributed by atoms with Gasteiger partial charge in [0.25, 0.3) is 0 Å². The first kappa shape index (κ1) is 24.8. The van der Waals surface area contributed by atoms with Crippen molar-refractivity contribution in [2.75, 3.05) is 39.3 Å². The Morgan fingerprint density at radius 3 is 2.00 bits per heavy atom. The van der Waals surface area contributed by atoms with E-state index in [1.807, 2.05) is 23.1 Å². The molecule has 0 atom stereocenters. The maximum atomic E-state index is 13.1. The number of carbonyl (C=O) groups is 1. The molecule has 4 rings (SSSR count). The fourth-order valence-corrected chi connectivity index (χ4v) is 6.50. The second-order valence-electron chi connectivity index (χ2n) is 8.43. The molecule has 0 bridgehead atoms. The molecule has 0 N–H and O–H groups in total. The van der Waals surface area contributed by atoms with Crippen LogP contribution in [0.1, 0.15) is 18.4 Å². The minimum Gasteiger partial charge on any atom is -0.340 e. The molecule has 6 nitrogen and oxygen atoms in total. The van der Waals surface area contributed by atoms with Crippen molar-refractivity contribution in [2.24, 2.45) is 5.92 Å². The summed E-state index contributed by atoms with van der Waals surface area (Å²) < 4.78 is 27.2. The van der Waals surface area contributed by atoms with Crippen LogP contribution in [0.3, 0.4) is 0 Å². The number of piperidine rings is 1. The number of nitrogens with zero attached hydrogens (tertiary/aromatic N) is 3. The van der Waals surface area contributed by atoms with Crippen LogP contribution in [0, 0.1) is 5.92 Å². The van der Waals surface area contributed by atoms with Gasteiger partial charge in [-0.2, -0.15) is 4.31 Å². The van der Waals surface area contributed by atoms with E-state index in [9.17, 15) is 13.2 Å². The largest absolute Gasteiger partial charge is 0.340 e. The van der Waals surface area contributed by atoms with Gasteiger partial charge in [0, 0.05) is 72.4 Å². The zero-order valence-electron chi connectivity index (χ0n) is 18.1. The Morgan fingerprint density at radius 2 is 1.42 bits per heavy atom. The molecule has 178 valence electrons. The predicted molar refractivity (Wildman–Crippen MR) is 131 cm³/mol. The molecule has 0 spiro atoms. The molecule has 0 unspecified atom stereocenters. The van der Waals surface area contributed by atoms with Crippen LogP contribution in [0.5, 0.6) is 0 Å². The molecule has 33 heavy (non-hydrogen) atoms. The van der Waals surface area contributed by atoms with Gasteiger partial charge in [-0.25, -0.2) is 8.42 Å². The second-order valence-corrected chi connectivity index (χ2v) is 11.6. The fraction of sp³-hybridized carbons (Fsp3) is 0.435. The van der Waals surface area contributed by atoms with Gasteiger partial charge in [-0.1, -0.05) is 40.9 Å². The Hall–Kier alpha value is -1.35. The van der Waals surface area contributed by atoms with E-state index < -0.39 is 10.0 Å². The Balaban J connectivity index is 1.28. The Labute approximate surface area is 210 Å². The number of rotatable bonds is 5. The average molecular weight is 531 g/mol. The van der Waals surface area contributed by atoms with Crippen LogP contribution in [0.4, 0.5) is 0 Å². The van der Waals surface area contributed by atoms with E-state index in [1.165, 1.54) is 16.4 Å². The van der Waals surface area contributed by atoms with Gasteiger partial charge in [-0.15, -0.1) is 0 Å². The number of sulfonamides is 1. The summed E-state index contributed by atoms with van der Waals surface area (Å²) in [5, 5.41) is 1.80. The number of hydrogen-bond donors (Lipinski definition) is 0. The first-order valence-electron chi connectivity index (χ1n) is 11.0. The van der Waals surface area contributed by atoms with Crippen LogP contribution in [0.25, 0.3) is 0 Å². The average Bonchev–Trinajstić information content (AvgIpc) is 2.82. The summed E-state index contributed by atoms with van der Waals surface area (Å²) >= 11 is 18.5. The van der Waals surface area contributed by atoms with Crippen LogP contribution in [-0.4, -0.2) is 67.7 Å². The number of carbonyl (C=O) groups excluding carboxylic acids is 1. The Kier molecular flexibility index (Phi) is 7.88. The maximum Gasteiger partial charge on any atom is 0.243 e. The van der Waals surface area contributed by atoms with E-state index in [4.69, 9.17) is 34.8 Å². The molecule has 0 aliphatic carbocycles. The first-order chi connectivity index (χ1) is 15.8. The summed E-state index contributed by atoms with van der Waals surface area (Å²) in [5.74, 6) is -0.0276. The Morgan fingerprint density at radius 1 is 0.848 bits per heavy atom. The minimum absolute atomic E-state index is 0.119. The van der Waals surface area contributed by atoms with Crippen molar-refractivity contribution in [1.82, 2.24) is 14.1 Å². The van der Waals surface area contributed by atoms with Crippen molar-refractivity contribution in [1.29, 1.82) is 0 Å². The summed E-state index contributed by atoms with van der Waals surface area (Å²) in [5.41, 5.74) is 0.912. The highest BCUT2D eigenvalue weighted by molar-refractivity contribution is 7.89. The summed E-state index contributed by atoms with van der Waals surface area (Å²) in [6.45, 7) is 4.11. The normalized spacial score (nSPS) is 19.1. The molecule has 2 saturated heterocycles. The van der Waals surface area contributed by atoms with E-state index in [-0.39, 0.29) is 16.7 Å². The van der Waals surface area contributed by atoms with Crippen molar-refractivity contribution >= 4 is 50.7 Å². The summed E-state index contributed by atoms with van der Waals surface area (Å²) in [6, 6.07) is 11.7. The van der Waals surface area contributed by atoms with E-state index in [1.54, 1.807) is 12.1 Å². The SMILES string of the molecule is O=C(C1CCN(S(=O)(=O)c2ccc(Cl)cc2)CC1)N1CCN(Cc2c(Cl)cccc2Cl)CC1. The van der Waals surface area contributed by atoms with Crippen molar-refractivity contribution < 1.29 is 13.2 Å². The lowest BCUT2D eigenvalue weighted by molar-refractivity contribution is -0.138. The lowest BCUT2D eigenvalue weighted by Crippen LogP contribution is -2.51. The molecule has 0 radical (unpaired) electrons. The highest BCUT2D eigenvalue weighted by atomic mass is 35.5. The van der Waals surface area contributed by atoms with Crippen molar-refractivity contribution in [3.05, 3.63) is 63.1 Å². The van der Waals surface area contributed by atoms with Gasteiger partial charge in [0.15, 0.2) is 0 Å². The van der Waals surface area contributed by atoms with Gasteiger partial charge in [-0.05, 0) is 49.2 Å². The molecule has 0 aromatic heterocycles. The number of halogens is 3. The molecule has 10 heteroatoms. The third-order valence-electron chi connectivity index (χ3n) is 6.38. The van der Waals surface area contributed by atoms with Gasteiger partial charge >= 0.3 is 0 Å². The number of piperazine rings is 1. The van der Waals surface area contributed by atoms with Gasteiger partial charge in [0.2, 0.25) is 15.9 Å². The molecule has 1 amide bonds. The number of amides is 1. The van der Waals surface area contributed by atoms with Crippen molar-refractivity contribution in [2.45, 2.75) is 24.3 Å². The monoisotopic (exact) mass is 529 g/mol. The van der Waals surface area contributed by atoms with Crippen LogP contribution in [-0.2, 0) is 21.4 Å². The lowest BCUT2D eigenvalue weighted by Gasteiger charge is -2.38. The fourth-order valence-electron chi connectivity index (χ4n) is 4.39. The standard InChI is InChI=1S/C23H26Cl3N3O3S/c24-18-4-6-19(7-5-18)33(31,32)29-10-8-17(9-11-29)23(30)28-14-12-27(13-15-28)16-20-21(25)2-1-3-22(20)26/h1-7,17H,8-16H2. The van der Waals surface area contributed by atoms with Crippen LogP contribution in [0.2, 0.25) is 15.1 Å². The third kappa shape index (κ3) is 5.66. The zero-order chi connectivity index (χ0) is 23.6. The van der Waals surface area contributed by atoms with E-state index >= 15 is 0 Å². The van der Waals surface area contributed by atoms with E-state index in [0.717, 1.165) is 18.7 Å². The van der Waals surface area contributed by atoms with E-state index in [0.29, 0.717) is 60.6 Å². The zero-order valence-corrected chi connectivity index (χ0v) is 21.2. The molecule has 2 aliphatic heterocycles. The predicted octanol–water partition coefficient (Wildman–Crippen LogP) is 4.39. The molecule has 2 aromatic rings. The number of hydrogen-bond acceptors (Lipinski definition) is 4. The molecular weight excluding hydrogens is 505 g/mol. The van der Waals surface area contributed by atoms with Crippen LogP contribution in [0.15, 0.2) is 47.4 Å².